The summed E-state index contributed by atoms with van der Waals surface area (Å²) in [7, 11) is 2.17. The summed E-state index contributed by atoms with van der Waals surface area (Å²) < 4.78 is 0. The van der Waals surface area contributed by atoms with E-state index in [1.54, 1.807) is 0 Å². The number of hydrogen-bond acceptors (Lipinski definition) is 2. The zero-order chi connectivity index (χ0) is 13.5. The molecule has 0 spiro atoms. The Morgan fingerprint density at radius 2 is 1.95 bits per heavy atom. The number of piperidine rings is 1. The summed E-state index contributed by atoms with van der Waals surface area (Å²) in [6.07, 6.45) is 3.37. The lowest BCUT2D eigenvalue weighted by molar-refractivity contribution is 0.246. The summed E-state index contributed by atoms with van der Waals surface area (Å²) in [5.41, 5.74) is 1.34. The molecule has 0 aromatic heterocycles. The molecule has 1 aromatic carbocycles. The third-order valence-corrected chi connectivity index (χ3v) is 3.86. The Labute approximate surface area is 121 Å². The molecule has 104 valence electrons. The maximum atomic E-state index is 5.34. The zero-order valence-corrected chi connectivity index (χ0v) is 12.4. The number of benzene rings is 1. The minimum Gasteiger partial charge on any atom is -0.362 e. The van der Waals surface area contributed by atoms with Gasteiger partial charge >= 0.3 is 0 Å². The van der Waals surface area contributed by atoms with Crippen LogP contribution in [-0.4, -0.2) is 42.7 Å². The number of likely N-dealkylation sites (tertiary alicyclic amines) is 1. The molecule has 0 amide bonds. The molecule has 1 aromatic rings. The van der Waals surface area contributed by atoms with Crippen LogP contribution in [0.2, 0.25) is 0 Å². The molecule has 1 aliphatic heterocycles. The first-order chi connectivity index (χ1) is 9.24. The van der Waals surface area contributed by atoms with Gasteiger partial charge in [-0.3, -0.25) is 0 Å². The fraction of sp³-hybridized carbons (Fsp3) is 0.533. The quantitative estimate of drug-likeness (QED) is 0.821. The van der Waals surface area contributed by atoms with E-state index in [2.05, 4.69) is 46.8 Å². The molecule has 0 unspecified atom stereocenters. The van der Waals surface area contributed by atoms with E-state index in [-0.39, 0.29) is 0 Å². The lowest BCUT2D eigenvalue weighted by Gasteiger charge is -2.30. The molecule has 1 fully saturated rings. The van der Waals surface area contributed by atoms with Crippen molar-refractivity contribution >= 4 is 17.3 Å². The second-order valence-electron chi connectivity index (χ2n) is 5.21. The van der Waals surface area contributed by atoms with Crippen LogP contribution in [0.4, 0.5) is 0 Å². The van der Waals surface area contributed by atoms with Crippen molar-refractivity contribution < 1.29 is 0 Å². The summed E-state index contributed by atoms with van der Waals surface area (Å²) in [4.78, 5) is 2.37. The summed E-state index contributed by atoms with van der Waals surface area (Å²) >= 11 is 5.34. The molecule has 0 bridgehead atoms. The van der Waals surface area contributed by atoms with Crippen molar-refractivity contribution in [2.24, 2.45) is 0 Å². The van der Waals surface area contributed by atoms with Gasteiger partial charge in [0.25, 0.3) is 0 Å². The topological polar surface area (TPSA) is 27.3 Å². The Hall–Kier alpha value is -1.13. The van der Waals surface area contributed by atoms with E-state index in [1.807, 2.05) is 6.07 Å². The molecule has 0 saturated carbocycles. The van der Waals surface area contributed by atoms with Gasteiger partial charge in [-0.05, 0) is 57.2 Å². The van der Waals surface area contributed by atoms with Gasteiger partial charge in [0, 0.05) is 12.6 Å². The molecule has 2 rings (SSSR count). The van der Waals surface area contributed by atoms with Crippen LogP contribution in [0.5, 0.6) is 0 Å². The second kappa shape index (κ2) is 7.46. The number of hydrogen-bond donors (Lipinski definition) is 2. The highest BCUT2D eigenvalue weighted by Gasteiger charge is 2.16. The van der Waals surface area contributed by atoms with Gasteiger partial charge in [0.15, 0.2) is 5.11 Å². The first-order valence-electron chi connectivity index (χ1n) is 7.01. The average molecular weight is 277 g/mol. The van der Waals surface area contributed by atoms with Crippen LogP contribution in [0.25, 0.3) is 0 Å². The summed E-state index contributed by atoms with van der Waals surface area (Å²) in [5, 5.41) is 7.51. The molecule has 0 atom stereocenters. The van der Waals surface area contributed by atoms with Crippen molar-refractivity contribution in [1.29, 1.82) is 0 Å². The third-order valence-electron chi connectivity index (χ3n) is 3.60. The fourth-order valence-electron chi connectivity index (χ4n) is 2.35. The van der Waals surface area contributed by atoms with E-state index in [1.165, 1.54) is 18.4 Å². The molecule has 0 aliphatic carbocycles. The van der Waals surface area contributed by atoms with E-state index in [0.717, 1.165) is 31.2 Å². The molecule has 2 N–H and O–H groups in total. The minimum absolute atomic E-state index is 0.535. The second-order valence-corrected chi connectivity index (χ2v) is 5.62. The van der Waals surface area contributed by atoms with Gasteiger partial charge in [0.2, 0.25) is 0 Å². The molecule has 3 nitrogen and oxygen atoms in total. The minimum atomic E-state index is 0.535. The Morgan fingerprint density at radius 3 is 2.63 bits per heavy atom. The number of rotatable bonds is 4. The van der Waals surface area contributed by atoms with E-state index in [9.17, 15) is 0 Å². The van der Waals surface area contributed by atoms with Crippen LogP contribution >= 0.6 is 12.2 Å². The molecule has 0 radical (unpaired) electrons. The van der Waals surface area contributed by atoms with Gasteiger partial charge in [-0.2, -0.15) is 0 Å². The molecular formula is C15H23N3S. The normalized spacial score (nSPS) is 17.1. The third kappa shape index (κ3) is 5.17. The van der Waals surface area contributed by atoms with Crippen molar-refractivity contribution in [3.05, 3.63) is 35.9 Å². The van der Waals surface area contributed by atoms with Crippen LogP contribution in [0.1, 0.15) is 18.4 Å². The van der Waals surface area contributed by atoms with Gasteiger partial charge in [-0.25, -0.2) is 0 Å². The molecular weight excluding hydrogens is 254 g/mol. The predicted molar refractivity (Wildman–Crippen MR) is 84.4 cm³/mol. The van der Waals surface area contributed by atoms with Crippen LogP contribution in [0.3, 0.4) is 0 Å². The summed E-state index contributed by atoms with van der Waals surface area (Å²) in [6.45, 7) is 3.21. The van der Waals surface area contributed by atoms with Gasteiger partial charge in [0.1, 0.15) is 0 Å². The SMILES string of the molecule is CN1CCC(NC(=S)NCCc2ccccc2)CC1. The van der Waals surface area contributed by atoms with Crippen molar-refractivity contribution in [1.82, 2.24) is 15.5 Å². The van der Waals surface area contributed by atoms with Gasteiger partial charge < -0.3 is 15.5 Å². The van der Waals surface area contributed by atoms with Crippen LogP contribution in [0, 0.1) is 0 Å². The van der Waals surface area contributed by atoms with E-state index < -0.39 is 0 Å². The highest BCUT2D eigenvalue weighted by molar-refractivity contribution is 7.80. The first-order valence-corrected chi connectivity index (χ1v) is 7.42. The van der Waals surface area contributed by atoms with Gasteiger partial charge in [-0.1, -0.05) is 30.3 Å². The first kappa shape index (κ1) is 14.3. The van der Waals surface area contributed by atoms with E-state index in [0.29, 0.717) is 6.04 Å². The Morgan fingerprint density at radius 1 is 1.26 bits per heavy atom. The van der Waals surface area contributed by atoms with E-state index >= 15 is 0 Å². The van der Waals surface area contributed by atoms with Crippen molar-refractivity contribution in [2.45, 2.75) is 25.3 Å². The highest BCUT2D eigenvalue weighted by atomic mass is 32.1. The Kier molecular flexibility index (Phi) is 5.61. The average Bonchev–Trinajstić information content (AvgIpc) is 2.43. The lowest BCUT2D eigenvalue weighted by Crippen LogP contribution is -2.47. The van der Waals surface area contributed by atoms with Crippen molar-refractivity contribution in [2.75, 3.05) is 26.7 Å². The molecule has 1 heterocycles. The molecule has 1 saturated heterocycles. The number of nitrogens with zero attached hydrogens (tertiary/aromatic N) is 1. The van der Waals surface area contributed by atoms with Crippen LogP contribution in [0.15, 0.2) is 30.3 Å². The summed E-state index contributed by atoms with van der Waals surface area (Å²) in [6, 6.07) is 11.0. The standard InChI is InChI=1S/C15H23N3S/c1-18-11-8-14(9-12-18)17-15(19)16-10-7-13-5-3-2-4-6-13/h2-6,14H,7-12H2,1H3,(H2,16,17,19). The lowest BCUT2D eigenvalue weighted by atomic mass is 10.1. The van der Waals surface area contributed by atoms with Crippen LogP contribution < -0.4 is 10.6 Å². The van der Waals surface area contributed by atoms with Gasteiger partial charge in [-0.15, -0.1) is 0 Å². The maximum absolute atomic E-state index is 5.34. The highest BCUT2D eigenvalue weighted by Crippen LogP contribution is 2.07. The monoisotopic (exact) mass is 277 g/mol. The van der Waals surface area contributed by atoms with E-state index in [4.69, 9.17) is 12.2 Å². The van der Waals surface area contributed by atoms with Crippen molar-refractivity contribution in [3.8, 4) is 0 Å². The number of nitrogens with one attached hydrogen (secondary N) is 2. The summed E-state index contributed by atoms with van der Waals surface area (Å²) in [5.74, 6) is 0. The zero-order valence-electron chi connectivity index (χ0n) is 11.6. The fourth-order valence-corrected chi connectivity index (χ4v) is 2.62. The smallest absolute Gasteiger partial charge is 0.166 e. The molecule has 1 aliphatic rings. The Balaban J connectivity index is 1.62. The maximum Gasteiger partial charge on any atom is 0.166 e. The largest absolute Gasteiger partial charge is 0.362 e. The van der Waals surface area contributed by atoms with Crippen molar-refractivity contribution in [3.63, 3.8) is 0 Å². The van der Waals surface area contributed by atoms with Crippen LogP contribution in [-0.2, 0) is 6.42 Å². The Bertz CT molecular complexity index is 386. The predicted octanol–water partition coefficient (Wildman–Crippen LogP) is 1.79. The number of thiocarbonyl (C=S) groups is 1. The van der Waals surface area contributed by atoms with Gasteiger partial charge in [0.05, 0.1) is 0 Å². The molecule has 19 heavy (non-hydrogen) atoms. The molecule has 4 heteroatoms.